The fourth-order valence-corrected chi connectivity index (χ4v) is 2.79. The lowest BCUT2D eigenvalue weighted by atomic mass is 10.1. The number of methoxy groups -OCH3 is 3. The van der Waals surface area contributed by atoms with Gasteiger partial charge in [-0.15, -0.1) is 0 Å². The van der Waals surface area contributed by atoms with E-state index in [2.05, 4.69) is 15.1 Å². The summed E-state index contributed by atoms with van der Waals surface area (Å²) in [6, 6.07) is 12.5. The molecule has 0 aliphatic carbocycles. The van der Waals surface area contributed by atoms with E-state index in [1.165, 1.54) is 27.5 Å². The highest BCUT2D eigenvalue weighted by molar-refractivity contribution is 6.38. The van der Waals surface area contributed by atoms with E-state index in [0.717, 1.165) is 10.9 Å². The highest BCUT2D eigenvalue weighted by Gasteiger charge is 2.13. The van der Waals surface area contributed by atoms with Gasteiger partial charge < -0.3 is 25.0 Å². The smallest absolute Gasteiger partial charge is 0.258 e. The van der Waals surface area contributed by atoms with Crippen molar-refractivity contribution in [2.24, 2.45) is 15.9 Å². The number of aliphatic imine (C=N–C) groups is 1. The molecule has 0 aliphatic rings. The number of nitrogens with two attached hydrogens (primary N) is 1. The molecule has 28 heavy (non-hydrogen) atoms. The normalized spacial score (nSPS) is 11.8. The third-order valence-corrected chi connectivity index (χ3v) is 4.15. The molecule has 144 valence electrons. The van der Waals surface area contributed by atoms with Crippen LogP contribution in [0.3, 0.4) is 0 Å². The van der Waals surface area contributed by atoms with Crippen LogP contribution in [0.2, 0.25) is 0 Å². The Morgan fingerprint density at radius 2 is 1.71 bits per heavy atom. The lowest BCUT2D eigenvalue weighted by Crippen LogP contribution is -2.20. The van der Waals surface area contributed by atoms with Gasteiger partial charge in [-0.05, 0) is 17.5 Å². The Kier molecular flexibility index (Phi) is 5.59. The number of nitrogens with one attached hydrogen (secondary N) is 1. The number of aromatic amines is 1. The number of pyridine rings is 1. The molecule has 3 rings (SSSR count). The zero-order valence-electron chi connectivity index (χ0n) is 15.7. The van der Waals surface area contributed by atoms with Crippen molar-refractivity contribution in [3.63, 3.8) is 0 Å². The highest BCUT2D eigenvalue weighted by Crippen LogP contribution is 2.40. The number of H-pyrrole nitrogens is 1. The lowest BCUT2D eigenvalue weighted by Gasteiger charge is -2.12. The van der Waals surface area contributed by atoms with Gasteiger partial charge in [-0.1, -0.05) is 18.2 Å². The van der Waals surface area contributed by atoms with Crippen LogP contribution in [-0.4, -0.2) is 38.2 Å². The van der Waals surface area contributed by atoms with Crippen LogP contribution in [0, 0.1) is 0 Å². The summed E-state index contributed by atoms with van der Waals surface area (Å²) >= 11 is 0. The molecule has 3 N–H and O–H groups in total. The monoisotopic (exact) mass is 380 g/mol. The van der Waals surface area contributed by atoms with Gasteiger partial charge >= 0.3 is 0 Å². The molecule has 8 nitrogen and oxygen atoms in total. The number of benzene rings is 2. The first-order chi connectivity index (χ1) is 13.6. The second kappa shape index (κ2) is 8.26. The molecule has 8 heteroatoms. The first-order valence-electron chi connectivity index (χ1n) is 8.35. The molecule has 3 aromatic rings. The molecule has 0 amide bonds. The van der Waals surface area contributed by atoms with Gasteiger partial charge in [-0.25, -0.2) is 0 Å². The number of hydrogen-bond acceptors (Lipinski definition) is 7. The maximum absolute atomic E-state index is 12.4. The second-order valence-electron chi connectivity index (χ2n) is 5.76. The van der Waals surface area contributed by atoms with E-state index >= 15 is 0 Å². The van der Waals surface area contributed by atoms with Crippen molar-refractivity contribution in [1.29, 1.82) is 0 Å². The summed E-state index contributed by atoms with van der Waals surface area (Å²) in [7, 11) is 4.56. The van der Waals surface area contributed by atoms with E-state index in [1.54, 1.807) is 18.2 Å². The SMILES string of the molecule is COc1cc(N=CC(=NN)c2cc3ccccc3[nH]c2=O)cc(OC)c1OC. The summed E-state index contributed by atoms with van der Waals surface area (Å²) in [5, 5.41) is 4.58. The minimum atomic E-state index is -0.306. The van der Waals surface area contributed by atoms with Gasteiger partial charge in [0.15, 0.2) is 11.5 Å². The Bertz CT molecular complexity index is 1090. The lowest BCUT2D eigenvalue weighted by molar-refractivity contribution is 0.324. The van der Waals surface area contributed by atoms with Crippen LogP contribution in [0.4, 0.5) is 5.69 Å². The maximum Gasteiger partial charge on any atom is 0.258 e. The van der Waals surface area contributed by atoms with Gasteiger partial charge in [0.1, 0.15) is 5.71 Å². The number of nitrogens with zero attached hydrogens (tertiary/aromatic N) is 2. The van der Waals surface area contributed by atoms with Gasteiger partial charge in [0.05, 0.1) is 38.8 Å². The number of hydrazone groups is 1. The van der Waals surface area contributed by atoms with Crippen molar-refractivity contribution in [2.45, 2.75) is 0 Å². The summed E-state index contributed by atoms with van der Waals surface area (Å²) in [5.41, 5.74) is 1.50. The minimum Gasteiger partial charge on any atom is -0.493 e. The molecule has 0 fully saturated rings. The fraction of sp³-hybridized carbons (Fsp3) is 0.150. The Hall–Kier alpha value is -3.81. The van der Waals surface area contributed by atoms with E-state index in [-0.39, 0.29) is 11.3 Å². The molecule has 2 aromatic carbocycles. The van der Waals surface area contributed by atoms with Crippen LogP contribution in [0.15, 0.2) is 57.4 Å². The number of rotatable bonds is 6. The van der Waals surface area contributed by atoms with Crippen LogP contribution < -0.4 is 25.6 Å². The number of fused-ring (bicyclic) bond motifs is 1. The molecule has 1 aromatic heterocycles. The van der Waals surface area contributed by atoms with Gasteiger partial charge in [0.2, 0.25) is 5.75 Å². The second-order valence-corrected chi connectivity index (χ2v) is 5.76. The van der Waals surface area contributed by atoms with Crippen molar-refractivity contribution in [3.8, 4) is 17.2 Å². The van der Waals surface area contributed by atoms with Gasteiger partial charge in [-0.2, -0.15) is 5.10 Å². The molecule has 0 bridgehead atoms. The van der Waals surface area contributed by atoms with Crippen LogP contribution >= 0.6 is 0 Å². The predicted molar refractivity (Wildman–Crippen MR) is 110 cm³/mol. The first kappa shape index (κ1) is 19.0. The third-order valence-electron chi connectivity index (χ3n) is 4.15. The van der Waals surface area contributed by atoms with Crippen LogP contribution in [-0.2, 0) is 0 Å². The predicted octanol–water partition coefficient (Wildman–Crippen LogP) is 2.62. The van der Waals surface area contributed by atoms with E-state index in [1.807, 2.05) is 24.3 Å². The Labute approximate surface area is 161 Å². The van der Waals surface area contributed by atoms with Crippen molar-refractivity contribution < 1.29 is 14.2 Å². The molecule has 0 spiro atoms. The van der Waals surface area contributed by atoms with Gasteiger partial charge in [0.25, 0.3) is 5.56 Å². The van der Waals surface area contributed by atoms with Gasteiger partial charge in [-0.3, -0.25) is 9.79 Å². The Morgan fingerprint density at radius 3 is 2.32 bits per heavy atom. The molecule has 0 radical (unpaired) electrons. The molecule has 1 heterocycles. The van der Waals surface area contributed by atoms with Crippen molar-refractivity contribution >= 4 is 28.5 Å². The quantitative estimate of drug-likeness (QED) is 0.388. The van der Waals surface area contributed by atoms with Crippen molar-refractivity contribution in [2.75, 3.05) is 21.3 Å². The standard InChI is InChI=1S/C20H20N4O4/c1-26-17-9-13(10-18(27-2)19(17)28-3)22-11-16(24-21)14-8-12-6-4-5-7-15(12)23-20(14)25/h4-11H,21H2,1-3H3,(H,23,25). The zero-order valence-corrected chi connectivity index (χ0v) is 15.7. The number of aromatic nitrogens is 1. The largest absolute Gasteiger partial charge is 0.493 e. The zero-order chi connectivity index (χ0) is 20.1. The third kappa shape index (κ3) is 3.66. The van der Waals surface area contributed by atoms with E-state index in [0.29, 0.717) is 28.5 Å². The summed E-state index contributed by atoms with van der Waals surface area (Å²) in [5.74, 6) is 6.90. The molecule has 0 atom stereocenters. The van der Waals surface area contributed by atoms with Crippen molar-refractivity contribution in [1.82, 2.24) is 4.98 Å². The van der Waals surface area contributed by atoms with Crippen LogP contribution in [0.1, 0.15) is 5.56 Å². The Balaban J connectivity index is 2.01. The van der Waals surface area contributed by atoms with Crippen LogP contribution in [0.25, 0.3) is 10.9 Å². The van der Waals surface area contributed by atoms with Gasteiger partial charge in [0, 0.05) is 17.6 Å². The van der Waals surface area contributed by atoms with Crippen molar-refractivity contribution in [3.05, 3.63) is 58.4 Å². The first-order valence-corrected chi connectivity index (χ1v) is 8.35. The fourth-order valence-electron chi connectivity index (χ4n) is 2.79. The number of para-hydroxylation sites is 1. The molecule has 0 aliphatic heterocycles. The summed E-state index contributed by atoms with van der Waals surface area (Å²) in [6.07, 6.45) is 1.42. The minimum absolute atomic E-state index is 0.237. The summed E-state index contributed by atoms with van der Waals surface area (Å²) in [6.45, 7) is 0. The van der Waals surface area contributed by atoms with E-state index in [9.17, 15) is 4.79 Å². The average molecular weight is 380 g/mol. The molecule has 0 unspecified atom stereocenters. The Morgan fingerprint density at radius 1 is 1.04 bits per heavy atom. The summed E-state index contributed by atoms with van der Waals surface area (Å²) in [4.78, 5) is 19.6. The summed E-state index contributed by atoms with van der Waals surface area (Å²) < 4.78 is 15.9. The average Bonchev–Trinajstić information content (AvgIpc) is 2.73. The molecular weight excluding hydrogens is 360 g/mol. The molecule has 0 saturated heterocycles. The maximum atomic E-state index is 12.4. The number of ether oxygens (including phenoxy) is 3. The molecule has 0 saturated carbocycles. The van der Waals surface area contributed by atoms with Crippen LogP contribution in [0.5, 0.6) is 17.2 Å². The highest BCUT2D eigenvalue weighted by atomic mass is 16.5. The topological polar surface area (TPSA) is 111 Å². The van der Waals surface area contributed by atoms with E-state index < -0.39 is 0 Å². The van der Waals surface area contributed by atoms with E-state index in [4.69, 9.17) is 20.1 Å². The molecular formula is C20H20N4O4. The number of hydrogen-bond donors (Lipinski definition) is 2.